The highest BCUT2D eigenvalue weighted by Gasteiger charge is 2.34. The zero-order chi connectivity index (χ0) is 22.0. The molecule has 2 atom stereocenters. The molecule has 11 heteroatoms. The summed E-state index contributed by atoms with van der Waals surface area (Å²) in [6.07, 6.45) is 7.53. The van der Waals surface area contributed by atoms with Crippen LogP contribution in [-0.2, 0) is 27.6 Å². The van der Waals surface area contributed by atoms with Crippen LogP contribution in [0.3, 0.4) is 0 Å². The zero-order valence-electron chi connectivity index (χ0n) is 17.9. The number of hydrogen-bond donors (Lipinski definition) is 1. The lowest BCUT2D eigenvalue weighted by molar-refractivity contribution is 0.00599. The molecular weight excluding hydrogens is 423 g/mol. The molecule has 0 radical (unpaired) electrons. The van der Waals surface area contributed by atoms with Crippen LogP contribution in [0.4, 0.5) is 10.3 Å². The predicted octanol–water partition coefficient (Wildman–Crippen LogP) is 1.47. The lowest BCUT2D eigenvalue weighted by Crippen LogP contribution is -2.47. The summed E-state index contributed by atoms with van der Waals surface area (Å²) in [7, 11) is -3.34. The van der Waals surface area contributed by atoms with Gasteiger partial charge in [0.15, 0.2) is 5.82 Å². The van der Waals surface area contributed by atoms with Gasteiger partial charge in [-0.2, -0.15) is 5.10 Å². The van der Waals surface area contributed by atoms with E-state index in [-0.39, 0.29) is 18.2 Å². The topological polar surface area (TPSA) is 102 Å². The predicted molar refractivity (Wildman–Crippen MR) is 114 cm³/mol. The van der Waals surface area contributed by atoms with Crippen LogP contribution >= 0.6 is 0 Å². The summed E-state index contributed by atoms with van der Waals surface area (Å²) in [4.78, 5) is 10.1. The summed E-state index contributed by atoms with van der Waals surface area (Å²) in [5.41, 5.74) is 2.13. The van der Waals surface area contributed by atoms with Crippen molar-refractivity contribution in [1.82, 2.24) is 24.5 Å². The minimum atomic E-state index is -3.34. The first kappa shape index (κ1) is 22.1. The number of sulfonamides is 1. The summed E-state index contributed by atoms with van der Waals surface area (Å²) in [6.45, 7) is 3.89. The summed E-state index contributed by atoms with van der Waals surface area (Å²) in [5.74, 6) is 0.0776. The van der Waals surface area contributed by atoms with Crippen molar-refractivity contribution in [3.8, 4) is 0 Å². The standard InChI is InChI=1S/C20H29FN6O3S/c1-3-15-10-16-4-5-18(25-31(2,28)29)19(27(16)24-15)13-30-17-6-8-26(9-7-17)20-22-11-14(21)12-23-20/h10-12,17-19,25H,3-9,13H2,1-2H3. The summed E-state index contributed by atoms with van der Waals surface area (Å²) in [6, 6.07) is 1.67. The molecule has 1 N–H and O–H groups in total. The minimum Gasteiger partial charge on any atom is -0.376 e. The van der Waals surface area contributed by atoms with Crippen LogP contribution < -0.4 is 9.62 Å². The molecule has 2 aromatic heterocycles. The number of halogens is 1. The molecule has 9 nitrogen and oxygen atoms in total. The zero-order valence-corrected chi connectivity index (χ0v) is 18.7. The fraction of sp³-hybridized carbons (Fsp3) is 0.650. The number of aromatic nitrogens is 4. The van der Waals surface area contributed by atoms with E-state index in [1.807, 2.05) is 9.58 Å². The third-order valence-electron chi connectivity index (χ3n) is 5.92. The van der Waals surface area contributed by atoms with E-state index in [4.69, 9.17) is 9.84 Å². The molecule has 0 aromatic carbocycles. The minimum absolute atomic E-state index is 0.0576. The van der Waals surface area contributed by atoms with Crippen LogP contribution in [0.1, 0.15) is 43.6 Å². The Bertz CT molecular complexity index is 989. The third-order valence-corrected chi connectivity index (χ3v) is 6.65. The average Bonchev–Trinajstić information content (AvgIpc) is 3.16. The molecule has 2 aromatic rings. The lowest BCUT2D eigenvalue weighted by atomic mass is 9.98. The molecule has 0 aliphatic carbocycles. The molecule has 4 heterocycles. The number of nitrogens with zero attached hydrogens (tertiary/aromatic N) is 5. The largest absolute Gasteiger partial charge is 0.376 e. The van der Waals surface area contributed by atoms with Crippen molar-refractivity contribution >= 4 is 16.0 Å². The Balaban J connectivity index is 1.39. The maximum atomic E-state index is 13.0. The number of anilines is 1. The second-order valence-electron chi connectivity index (χ2n) is 8.25. The Morgan fingerprint density at radius 2 is 1.94 bits per heavy atom. The second kappa shape index (κ2) is 9.17. The van der Waals surface area contributed by atoms with Gasteiger partial charge in [-0.15, -0.1) is 0 Å². The van der Waals surface area contributed by atoms with Crippen LogP contribution in [0.15, 0.2) is 18.5 Å². The van der Waals surface area contributed by atoms with Crippen LogP contribution in [-0.4, -0.2) is 66.3 Å². The van der Waals surface area contributed by atoms with Gasteiger partial charge in [0.1, 0.15) is 0 Å². The van der Waals surface area contributed by atoms with Gasteiger partial charge in [-0.3, -0.25) is 4.68 Å². The first-order valence-corrected chi connectivity index (χ1v) is 12.6. The lowest BCUT2D eigenvalue weighted by Gasteiger charge is -2.36. The Hall–Kier alpha value is -2.11. The van der Waals surface area contributed by atoms with E-state index < -0.39 is 15.8 Å². The molecule has 0 amide bonds. The van der Waals surface area contributed by atoms with Gasteiger partial charge in [-0.25, -0.2) is 27.5 Å². The van der Waals surface area contributed by atoms with E-state index in [0.29, 0.717) is 12.6 Å². The maximum absolute atomic E-state index is 13.0. The Kier molecular flexibility index (Phi) is 6.54. The van der Waals surface area contributed by atoms with Crippen molar-refractivity contribution < 1.29 is 17.5 Å². The van der Waals surface area contributed by atoms with Gasteiger partial charge in [0, 0.05) is 24.8 Å². The number of nitrogens with one attached hydrogen (secondary N) is 1. The van der Waals surface area contributed by atoms with Gasteiger partial charge in [-0.05, 0) is 38.2 Å². The molecule has 31 heavy (non-hydrogen) atoms. The molecular formula is C20H29FN6O3S. The van der Waals surface area contributed by atoms with E-state index in [0.717, 1.165) is 56.6 Å². The molecule has 0 spiro atoms. The molecule has 2 aliphatic rings. The summed E-state index contributed by atoms with van der Waals surface area (Å²) < 4.78 is 47.8. The maximum Gasteiger partial charge on any atom is 0.225 e. The smallest absolute Gasteiger partial charge is 0.225 e. The monoisotopic (exact) mass is 452 g/mol. The molecule has 1 fully saturated rings. The van der Waals surface area contributed by atoms with Crippen LogP contribution in [0.25, 0.3) is 0 Å². The first-order chi connectivity index (χ1) is 14.8. The van der Waals surface area contributed by atoms with E-state index in [9.17, 15) is 12.8 Å². The fourth-order valence-corrected chi connectivity index (χ4v) is 5.15. The molecule has 170 valence electrons. The summed E-state index contributed by atoms with van der Waals surface area (Å²) in [5, 5.41) is 4.70. The quantitative estimate of drug-likeness (QED) is 0.679. The highest BCUT2D eigenvalue weighted by molar-refractivity contribution is 7.88. The van der Waals surface area contributed by atoms with Gasteiger partial charge in [0.25, 0.3) is 0 Å². The van der Waals surface area contributed by atoms with Gasteiger partial charge in [0.2, 0.25) is 16.0 Å². The Morgan fingerprint density at radius 3 is 2.58 bits per heavy atom. The normalized spacial score (nSPS) is 22.5. The molecule has 2 unspecified atom stereocenters. The first-order valence-electron chi connectivity index (χ1n) is 10.7. The van der Waals surface area contributed by atoms with Crippen molar-refractivity contribution in [2.45, 2.75) is 57.2 Å². The van der Waals surface area contributed by atoms with Gasteiger partial charge in [0.05, 0.1) is 43.1 Å². The van der Waals surface area contributed by atoms with Crippen LogP contribution in [0, 0.1) is 5.82 Å². The number of rotatable bonds is 7. The van der Waals surface area contributed by atoms with Gasteiger partial charge in [-0.1, -0.05) is 6.92 Å². The highest BCUT2D eigenvalue weighted by Crippen LogP contribution is 2.28. The van der Waals surface area contributed by atoms with Crippen molar-refractivity contribution in [3.05, 3.63) is 35.7 Å². The molecule has 0 bridgehead atoms. The number of ether oxygens (including phenoxy) is 1. The number of hydrogen-bond acceptors (Lipinski definition) is 7. The molecule has 4 rings (SSSR count). The average molecular weight is 453 g/mol. The summed E-state index contributed by atoms with van der Waals surface area (Å²) >= 11 is 0. The second-order valence-corrected chi connectivity index (χ2v) is 10.0. The van der Waals surface area contributed by atoms with Crippen LogP contribution in [0.5, 0.6) is 0 Å². The Labute approximate surface area is 182 Å². The van der Waals surface area contributed by atoms with Crippen LogP contribution in [0.2, 0.25) is 0 Å². The SMILES string of the molecule is CCc1cc2n(n1)C(COC1CCN(c3ncc(F)cn3)CC1)C(NS(C)(=O)=O)CC2. The van der Waals surface area contributed by atoms with Crippen molar-refractivity contribution in [2.24, 2.45) is 0 Å². The van der Waals surface area contributed by atoms with E-state index >= 15 is 0 Å². The van der Waals surface area contributed by atoms with Crippen molar-refractivity contribution in [3.63, 3.8) is 0 Å². The molecule has 0 saturated carbocycles. The highest BCUT2D eigenvalue weighted by atomic mass is 32.2. The van der Waals surface area contributed by atoms with E-state index in [1.54, 1.807) is 0 Å². The van der Waals surface area contributed by atoms with Gasteiger partial charge < -0.3 is 9.64 Å². The fourth-order valence-electron chi connectivity index (χ4n) is 4.33. The van der Waals surface area contributed by atoms with E-state index in [1.165, 1.54) is 18.6 Å². The number of aryl methyl sites for hydroxylation is 2. The third kappa shape index (κ3) is 5.39. The molecule has 1 saturated heterocycles. The Morgan fingerprint density at radius 1 is 1.23 bits per heavy atom. The van der Waals surface area contributed by atoms with Gasteiger partial charge >= 0.3 is 0 Å². The molecule has 2 aliphatic heterocycles. The van der Waals surface area contributed by atoms with Crippen molar-refractivity contribution in [1.29, 1.82) is 0 Å². The number of fused-ring (bicyclic) bond motifs is 1. The van der Waals surface area contributed by atoms with E-state index in [2.05, 4.69) is 27.7 Å². The van der Waals surface area contributed by atoms with Crippen molar-refractivity contribution in [2.75, 3.05) is 30.9 Å². The number of piperidine rings is 1.